The number of nitrogens with two attached hydrogens (primary N) is 2. The van der Waals surface area contributed by atoms with Crippen molar-refractivity contribution >= 4 is 38.8 Å². The van der Waals surface area contributed by atoms with Gasteiger partial charge in [0.05, 0.1) is 16.1 Å². The average molecular weight is 352 g/mol. The van der Waals surface area contributed by atoms with Gasteiger partial charge in [-0.1, -0.05) is 0 Å². The molecule has 0 amide bonds. The number of carbonyl (C=O) groups excluding carboxylic acids is 1. The van der Waals surface area contributed by atoms with Crippen molar-refractivity contribution < 1.29 is 4.79 Å². The van der Waals surface area contributed by atoms with Crippen LogP contribution in [0.4, 0.5) is 11.5 Å². The summed E-state index contributed by atoms with van der Waals surface area (Å²) in [7, 11) is 0. The van der Waals surface area contributed by atoms with E-state index in [0.29, 0.717) is 44.1 Å². The van der Waals surface area contributed by atoms with Crippen molar-refractivity contribution in [3.05, 3.63) is 16.5 Å². The molecule has 6 heteroatoms. The zero-order valence-electron chi connectivity index (χ0n) is 13.9. The first-order chi connectivity index (χ1) is 12.0. The number of hydrogen-bond donors (Lipinski definition) is 2. The molecule has 4 aliphatic carbocycles. The Morgan fingerprint density at radius 1 is 1.20 bits per heavy atom. The molecule has 2 heterocycles. The van der Waals surface area contributed by atoms with Gasteiger partial charge in [0, 0.05) is 10.8 Å². The maximum atomic E-state index is 13.5. The van der Waals surface area contributed by atoms with E-state index in [-0.39, 0.29) is 17.0 Å². The van der Waals surface area contributed by atoms with Crippen LogP contribution in [0.25, 0.3) is 10.2 Å². The van der Waals surface area contributed by atoms with Gasteiger partial charge >= 0.3 is 0 Å². The van der Waals surface area contributed by atoms with Crippen LogP contribution in [0, 0.1) is 34.5 Å². The number of nitrogen functional groups attached to an aromatic ring is 2. The van der Waals surface area contributed by atoms with Gasteiger partial charge in [0.1, 0.15) is 16.7 Å². The van der Waals surface area contributed by atoms with Crippen molar-refractivity contribution in [3.63, 3.8) is 0 Å². The lowest BCUT2D eigenvalue weighted by Gasteiger charge is -2.55. The molecular weight excluding hydrogens is 332 g/mol. The van der Waals surface area contributed by atoms with E-state index in [2.05, 4.69) is 4.98 Å². The van der Waals surface area contributed by atoms with Crippen molar-refractivity contribution in [2.45, 2.75) is 38.5 Å². The molecule has 0 atom stereocenters. The van der Waals surface area contributed by atoms with E-state index in [1.165, 1.54) is 30.6 Å². The summed E-state index contributed by atoms with van der Waals surface area (Å²) >= 11 is 1.34. The van der Waals surface area contributed by atoms with Crippen LogP contribution in [0.2, 0.25) is 0 Å². The van der Waals surface area contributed by atoms with Gasteiger partial charge < -0.3 is 11.5 Å². The van der Waals surface area contributed by atoms with E-state index in [1.54, 1.807) is 6.07 Å². The fourth-order valence-corrected chi connectivity index (χ4v) is 7.09. The predicted molar refractivity (Wildman–Crippen MR) is 98.1 cm³/mol. The Bertz CT molecular complexity index is 919. The highest BCUT2D eigenvalue weighted by atomic mass is 32.1. The lowest BCUT2D eigenvalue weighted by atomic mass is 9.48. The molecule has 128 valence electrons. The van der Waals surface area contributed by atoms with E-state index < -0.39 is 0 Å². The molecule has 0 radical (unpaired) electrons. The summed E-state index contributed by atoms with van der Waals surface area (Å²) in [6.45, 7) is 0. The fourth-order valence-electron chi connectivity index (χ4n) is 5.94. The first-order valence-electron chi connectivity index (χ1n) is 8.92. The van der Waals surface area contributed by atoms with Crippen LogP contribution in [0.3, 0.4) is 0 Å². The maximum absolute atomic E-state index is 13.5. The third-order valence-corrected chi connectivity index (χ3v) is 7.71. The summed E-state index contributed by atoms with van der Waals surface area (Å²) in [5.41, 5.74) is 12.7. The molecule has 6 rings (SSSR count). The van der Waals surface area contributed by atoms with Gasteiger partial charge in [-0.2, -0.15) is 5.26 Å². The number of fused-ring (bicyclic) bond motifs is 1. The maximum Gasteiger partial charge on any atom is 0.181 e. The van der Waals surface area contributed by atoms with Crippen molar-refractivity contribution in [3.8, 4) is 6.07 Å². The Kier molecular flexibility index (Phi) is 3.00. The molecule has 0 unspecified atom stereocenters. The quantitative estimate of drug-likeness (QED) is 0.801. The number of anilines is 2. The normalized spacial score (nSPS) is 32.8. The lowest BCUT2D eigenvalue weighted by Crippen LogP contribution is -2.49. The highest BCUT2D eigenvalue weighted by Gasteiger charge is 2.55. The van der Waals surface area contributed by atoms with Crippen molar-refractivity contribution in [2.24, 2.45) is 23.2 Å². The van der Waals surface area contributed by atoms with E-state index in [4.69, 9.17) is 16.7 Å². The van der Waals surface area contributed by atoms with Crippen LogP contribution >= 0.6 is 11.3 Å². The molecule has 2 aromatic rings. The molecule has 0 spiro atoms. The third-order valence-electron chi connectivity index (χ3n) is 6.60. The second kappa shape index (κ2) is 4.95. The number of nitriles is 1. The van der Waals surface area contributed by atoms with Gasteiger partial charge in [-0.05, 0) is 62.3 Å². The van der Waals surface area contributed by atoms with Gasteiger partial charge in [0.2, 0.25) is 0 Å². The lowest BCUT2D eigenvalue weighted by molar-refractivity contribution is -0.0350. The van der Waals surface area contributed by atoms with E-state index in [9.17, 15) is 4.79 Å². The van der Waals surface area contributed by atoms with E-state index in [1.807, 2.05) is 6.07 Å². The number of thiophene rings is 1. The Hall–Kier alpha value is -2.13. The molecule has 4 aliphatic rings. The molecular formula is C19H20N4OS. The zero-order valence-corrected chi connectivity index (χ0v) is 14.7. The van der Waals surface area contributed by atoms with Crippen LogP contribution in [0.15, 0.2) is 6.07 Å². The third kappa shape index (κ3) is 2.05. The number of ketones is 1. The Labute approximate surface area is 150 Å². The van der Waals surface area contributed by atoms with Crippen molar-refractivity contribution in [1.82, 2.24) is 4.98 Å². The molecule has 4 fully saturated rings. The van der Waals surface area contributed by atoms with Crippen LogP contribution < -0.4 is 11.5 Å². The van der Waals surface area contributed by atoms with Crippen LogP contribution in [-0.4, -0.2) is 10.8 Å². The van der Waals surface area contributed by atoms with Gasteiger partial charge in [-0.15, -0.1) is 11.3 Å². The van der Waals surface area contributed by atoms with Gasteiger partial charge in [-0.25, -0.2) is 4.98 Å². The molecule has 0 aromatic carbocycles. The molecule has 0 saturated heterocycles. The number of Topliss-reactive ketones (excluding diaryl/α,β-unsaturated/α-hetero) is 1. The summed E-state index contributed by atoms with van der Waals surface area (Å²) in [5.74, 6) is 2.55. The molecule has 25 heavy (non-hydrogen) atoms. The number of carbonyl (C=O) groups is 1. The summed E-state index contributed by atoms with van der Waals surface area (Å²) in [5, 5.41) is 9.85. The topological polar surface area (TPSA) is 106 Å². The fraction of sp³-hybridized carbons (Fsp3) is 0.526. The second-order valence-corrected chi connectivity index (χ2v) is 9.26. The highest BCUT2D eigenvalue weighted by molar-refractivity contribution is 7.21. The minimum Gasteiger partial charge on any atom is -0.397 e. The summed E-state index contributed by atoms with van der Waals surface area (Å²) in [6.07, 6.45) is 6.97. The molecule has 4 bridgehead atoms. The van der Waals surface area contributed by atoms with Crippen molar-refractivity contribution in [1.29, 1.82) is 5.26 Å². The largest absolute Gasteiger partial charge is 0.397 e. The van der Waals surface area contributed by atoms with Crippen LogP contribution in [0.1, 0.15) is 53.8 Å². The molecule has 4 saturated carbocycles. The average Bonchev–Trinajstić information content (AvgIpc) is 2.88. The number of nitrogens with zero attached hydrogens (tertiary/aromatic N) is 2. The minimum absolute atomic E-state index is 0.199. The second-order valence-electron chi connectivity index (χ2n) is 8.26. The Morgan fingerprint density at radius 2 is 1.80 bits per heavy atom. The molecule has 2 aromatic heterocycles. The number of aromatic nitrogens is 1. The van der Waals surface area contributed by atoms with E-state index in [0.717, 1.165) is 19.3 Å². The molecule has 5 nitrogen and oxygen atoms in total. The van der Waals surface area contributed by atoms with Gasteiger partial charge in [0.25, 0.3) is 0 Å². The highest BCUT2D eigenvalue weighted by Crippen LogP contribution is 2.61. The van der Waals surface area contributed by atoms with Crippen LogP contribution in [-0.2, 0) is 0 Å². The Morgan fingerprint density at radius 3 is 2.36 bits per heavy atom. The standard InChI is InChI=1S/C19H20N4OS/c20-8-12-4-13-14(21)15(25-18(13)23-17(12)22)16(24)19-5-9-1-10(6-19)3-11(2-9)7-19/h4,9-11H,1-3,5-7,21H2,(H2,22,23). The first kappa shape index (κ1) is 15.2. The van der Waals surface area contributed by atoms with Crippen LogP contribution in [0.5, 0.6) is 0 Å². The van der Waals surface area contributed by atoms with Gasteiger partial charge in [-0.3, -0.25) is 4.79 Å². The summed E-state index contributed by atoms with van der Waals surface area (Å²) in [6, 6.07) is 3.70. The first-order valence-corrected chi connectivity index (χ1v) is 9.74. The monoisotopic (exact) mass is 352 g/mol. The van der Waals surface area contributed by atoms with Gasteiger partial charge in [0.15, 0.2) is 5.78 Å². The summed E-state index contributed by atoms with van der Waals surface area (Å²) < 4.78 is 0. The molecule has 4 N–H and O–H groups in total. The van der Waals surface area contributed by atoms with Crippen molar-refractivity contribution in [2.75, 3.05) is 11.5 Å². The smallest absolute Gasteiger partial charge is 0.181 e. The minimum atomic E-state index is -0.215. The zero-order chi connectivity index (χ0) is 17.3. The predicted octanol–water partition coefficient (Wildman–Crippen LogP) is 3.73. The number of rotatable bonds is 2. The molecule has 0 aliphatic heterocycles. The number of hydrogen-bond acceptors (Lipinski definition) is 6. The van der Waals surface area contributed by atoms with E-state index >= 15 is 0 Å². The summed E-state index contributed by atoms with van der Waals surface area (Å²) in [4.78, 5) is 19.1. The Balaban J connectivity index is 1.60. The number of pyridine rings is 1. The SMILES string of the molecule is N#Cc1cc2c(N)c(C(=O)C34CC5CC(CC(C5)C3)C4)sc2nc1N.